The van der Waals surface area contributed by atoms with Gasteiger partial charge in [-0.15, -0.1) is 0 Å². The molecule has 1 N–H and O–H groups in total. The lowest BCUT2D eigenvalue weighted by Crippen LogP contribution is -2.48. The van der Waals surface area contributed by atoms with Gasteiger partial charge in [-0.05, 0) is 26.7 Å². The molecule has 1 amide bonds. The first kappa shape index (κ1) is 17.2. The van der Waals surface area contributed by atoms with Crippen molar-refractivity contribution in [2.75, 3.05) is 13.1 Å². The predicted molar refractivity (Wildman–Crippen MR) is 86.3 cm³/mol. The molecule has 124 valence electrons. The maximum Gasteiger partial charge on any atom is 0.311 e. The van der Waals surface area contributed by atoms with Crippen LogP contribution in [0.15, 0.2) is 24.3 Å². The standard InChI is InChI=1S/C18H23NO4/c1-13-4-6-14(7-5-13)15(20)8-9-16(21)19-11-3-10-18(2,12-19)17(22)23/h4-7H,3,8-12H2,1-2H3,(H,22,23). The molecule has 1 unspecified atom stereocenters. The van der Waals surface area contributed by atoms with Gasteiger partial charge in [-0.25, -0.2) is 0 Å². The summed E-state index contributed by atoms with van der Waals surface area (Å²) in [4.78, 5) is 37.3. The van der Waals surface area contributed by atoms with Crippen LogP contribution < -0.4 is 0 Å². The van der Waals surface area contributed by atoms with Crippen molar-refractivity contribution in [1.29, 1.82) is 0 Å². The molecular weight excluding hydrogens is 294 g/mol. The Morgan fingerprint density at radius 2 is 1.83 bits per heavy atom. The smallest absolute Gasteiger partial charge is 0.311 e. The molecule has 1 heterocycles. The van der Waals surface area contributed by atoms with E-state index in [0.29, 0.717) is 24.9 Å². The van der Waals surface area contributed by atoms with Crippen molar-refractivity contribution in [2.45, 2.75) is 39.5 Å². The minimum absolute atomic E-state index is 0.0589. The Bertz CT molecular complexity index is 608. The Hall–Kier alpha value is -2.17. The second kappa shape index (κ2) is 6.94. The molecule has 1 atom stereocenters. The van der Waals surface area contributed by atoms with Crippen LogP contribution in [0.4, 0.5) is 0 Å². The number of aliphatic carboxylic acids is 1. The topological polar surface area (TPSA) is 74.7 Å². The molecule has 0 aliphatic carbocycles. The van der Waals surface area contributed by atoms with Crippen molar-refractivity contribution >= 4 is 17.7 Å². The lowest BCUT2D eigenvalue weighted by Gasteiger charge is -2.37. The predicted octanol–water partition coefficient (Wildman–Crippen LogP) is 2.67. The van der Waals surface area contributed by atoms with Crippen LogP contribution >= 0.6 is 0 Å². The van der Waals surface area contributed by atoms with Crippen molar-refractivity contribution in [2.24, 2.45) is 5.41 Å². The highest BCUT2D eigenvalue weighted by atomic mass is 16.4. The third kappa shape index (κ3) is 4.18. The summed E-state index contributed by atoms with van der Waals surface area (Å²) in [5.41, 5.74) is 0.811. The summed E-state index contributed by atoms with van der Waals surface area (Å²) in [6.45, 7) is 4.42. The summed E-state index contributed by atoms with van der Waals surface area (Å²) in [5, 5.41) is 9.29. The molecule has 1 saturated heterocycles. The molecule has 5 heteroatoms. The maximum absolute atomic E-state index is 12.3. The fourth-order valence-electron chi connectivity index (χ4n) is 2.89. The minimum atomic E-state index is -0.880. The summed E-state index contributed by atoms with van der Waals surface area (Å²) >= 11 is 0. The normalized spacial score (nSPS) is 21.0. The molecule has 1 aromatic carbocycles. The van der Waals surface area contributed by atoms with E-state index in [1.165, 1.54) is 0 Å². The highest BCUT2D eigenvalue weighted by Crippen LogP contribution is 2.30. The van der Waals surface area contributed by atoms with Crippen molar-refractivity contribution < 1.29 is 19.5 Å². The summed E-state index contributed by atoms with van der Waals surface area (Å²) < 4.78 is 0. The Balaban J connectivity index is 1.90. The Morgan fingerprint density at radius 1 is 1.17 bits per heavy atom. The Morgan fingerprint density at radius 3 is 2.43 bits per heavy atom. The number of carboxylic acids is 1. The second-order valence-electron chi connectivity index (χ2n) is 6.57. The van der Waals surface area contributed by atoms with Gasteiger partial charge in [0.1, 0.15) is 0 Å². The van der Waals surface area contributed by atoms with Crippen LogP contribution in [0.1, 0.15) is 48.5 Å². The quantitative estimate of drug-likeness (QED) is 0.847. The maximum atomic E-state index is 12.3. The minimum Gasteiger partial charge on any atom is -0.481 e. The van der Waals surface area contributed by atoms with Crippen molar-refractivity contribution in [3.8, 4) is 0 Å². The van der Waals surface area contributed by atoms with Gasteiger partial charge >= 0.3 is 5.97 Å². The number of hydrogen-bond donors (Lipinski definition) is 1. The molecule has 1 aliphatic rings. The number of amides is 1. The van der Waals surface area contributed by atoms with Gasteiger partial charge in [0.2, 0.25) is 5.91 Å². The number of carbonyl (C=O) groups excluding carboxylic acids is 2. The largest absolute Gasteiger partial charge is 0.481 e. The van der Waals surface area contributed by atoms with E-state index in [-0.39, 0.29) is 31.1 Å². The zero-order chi connectivity index (χ0) is 17.0. The zero-order valence-corrected chi connectivity index (χ0v) is 13.7. The summed E-state index contributed by atoms with van der Waals surface area (Å²) in [7, 11) is 0. The number of likely N-dealkylation sites (tertiary alicyclic amines) is 1. The lowest BCUT2D eigenvalue weighted by atomic mass is 9.82. The number of carbonyl (C=O) groups is 3. The highest BCUT2D eigenvalue weighted by Gasteiger charge is 2.39. The molecule has 23 heavy (non-hydrogen) atoms. The molecule has 1 aliphatic heterocycles. The van der Waals surface area contributed by atoms with Crippen LogP contribution in [0.3, 0.4) is 0 Å². The van der Waals surface area contributed by atoms with Gasteiger partial charge in [0.25, 0.3) is 0 Å². The lowest BCUT2D eigenvalue weighted by molar-refractivity contribution is -0.153. The molecular formula is C18H23NO4. The third-order valence-electron chi connectivity index (χ3n) is 4.50. The number of rotatable bonds is 5. The van der Waals surface area contributed by atoms with Gasteiger partial charge in [0, 0.05) is 31.5 Å². The summed E-state index contributed by atoms with van der Waals surface area (Å²) in [5.74, 6) is -1.07. The first-order chi connectivity index (χ1) is 10.8. The molecule has 0 saturated carbocycles. The van der Waals surface area contributed by atoms with Crippen molar-refractivity contribution in [1.82, 2.24) is 4.90 Å². The van der Waals surface area contributed by atoms with Gasteiger partial charge in [0.05, 0.1) is 5.41 Å². The average molecular weight is 317 g/mol. The van der Waals surface area contributed by atoms with Crippen LogP contribution in [0.25, 0.3) is 0 Å². The SMILES string of the molecule is Cc1ccc(C(=O)CCC(=O)N2CCCC(C)(C(=O)O)C2)cc1. The summed E-state index contributed by atoms with van der Waals surface area (Å²) in [6.07, 6.45) is 1.54. The van der Waals surface area contributed by atoms with E-state index in [4.69, 9.17) is 0 Å². The van der Waals surface area contributed by atoms with Crippen molar-refractivity contribution in [3.63, 3.8) is 0 Å². The van der Waals surface area contributed by atoms with E-state index in [2.05, 4.69) is 0 Å². The van der Waals surface area contributed by atoms with E-state index < -0.39 is 11.4 Å². The number of hydrogen-bond acceptors (Lipinski definition) is 3. The number of ketones is 1. The van der Waals surface area contributed by atoms with Crippen LogP contribution in [-0.4, -0.2) is 40.8 Å². The molecule has 0 spiro atoms. The van der Waals surface area contributed by atoms with E-state index in [1.54, 1.807) is 24.0 Å². The van der Waals surface area contributed by atoms with E-state index in [9.17, 15) is 19.5 Å². The van der Waals surface area contributed by atoms with Gasteiger partial charge in [0.15, 0.2) is 5.78 Å². The van der Waals surface area contributed by atoms with Gasteiger partial charge in [-0.2, -0.15) is 0 Å². The van der Waals surface area contributed by atoms with Crippen LogP contribution in [0.5, 0.6) is 0 Å². The molecule has 5 nitrogen and oxygen atoms in total. The Kier molecular flexibility index (Phi) is 5.19. The number of nitrogens with zero attached hydrogens (tertiary/aromatic N) is 1. The molecule has 0 radical (unpaired) electrons. The number of Topliss-reactive ketones (excluding diaryl/α,β-unsaturated/α-hetero) is 1. The number of carboxylic acid groups (broad SMARTS) is 1. The Labute approximate surface area is 136 Å². The average Bonchev–Trinajstić information content (AvgIpc) is 2.53. The molecule has 1 aromatic rings. The number of piperidine rings is 1. The molecule has 0 bridgehead atoms. The zero-order valence-electron chi connectivity index (χ0n) is 13.7. The van der Waals surface area contributed by atoms with Gasteiger partial charge < -0.3 is 10.0 Å². The van der Waals surface area contributed by atoms with Crippen LogP contribution in [0.2, 0.25) is 0 Å². The monoisotopic (exact) mass is 317 g/mol. The molecule has 1 fully saturated rings. The van der Waals surface area contributed by atoms with E-state index >= 15 is 0 Å². The van der Waals surface area contributed by atoms with Crippen LogP contribution in [0, 0.1) is 12.3 Å². The third-order valence-corrected chi connectivity index (χ3v) is 4.50. The van der Waals surface area contributed by atoms with Crippen molar-refractivity contribution in [3.05, 3.63) is 35.4 Å². The van der Waals surface area contributed by atoms with Crippen LogP contribution in [-0.2, 0) is 9.59 Å². The first-order valence-corrected chi connectivity index (χ1v) is 7.93. The second-order valence-corrected chi connectivity index (χ2v) is 6.57. The number of benzene rings is 1. The van der Waals surface area contributed by atoms with E-state index in [1.807, 2.05) is 19.1 Å². The molecule has 2 rings (SSSR count). The number of aryl methyl sites for hydroxylation is 1. The summed E-state index contributed by atoms with van der Waals surface area (Å²) in [6, 6.07) is 7.28. The van der Waals surface area contributed by atoms with Gasteiger partial charge in [-0.3, -0.25) is 14.4 Å². The van der Waals surface area contributed by atoms with E-state index in [0.717, 1.165) is 5.56 Å². The van der Waals surface area contributed by atoms with Gasteiger partial charge in [-0.1, -0.05) is 29.8 Å². The highest BCUT2D eigenvalue weighted by molar-refractivity contribution is 5.98. The first-order valence-electron chi connectivity index (χ1n) is 7.93. The molecule has 0 aromatic heterocycles. The fraction of sp³-hybridized carbons (Fsp3) is 0.500. The fourth-order valence-corrected chi connectivity index (χ4v) is 2.89.